The lowest BCUT2D eigenvalue weighted by Crippen LogP contribution is -2.49. The fourth-order valence-electron chi connectivity index (χ4n) is 3.69. The topological polar surface area (TPSA) is 94.2 Å². The predicted octanol–water partition coefficient (Wildman–Crippen LogP) is 2.27. The lowest BCUT2D eigenvalue weighted by Gasteiger charge is -2.25. The summed E-state index contributed by atoms with van der Waals surface area (Å²) in [5, 5.41) is 2.52. The molecule has 0 aromatic heterocycles. The molecular weight excluding hydrogens is 443 g/mol. The molecule has 1 aliphatic heterocycles. The number of hydrogen-bond donors (Lipinski definition) is 1. The molecule has 182 valence electrons. The number of esters is 1. The second-order valence-corrected chi connectivity index (χ2v) is 7.84. The highest BCUT2D eigenvalue weighted by molar-refractivity contribution is 5.89. The lowest BCUT2D eigenvalue weighted by atomic mass is 10.1. The number of ether oxygens (including phenoxy) is 3. The van der Waals surface area contributed by atoms with Crippen LogP contribution in [0, 0.1) is 0 Å². The Labute approximate surface area is 198 Å². The van der Waals surface area contributed by atoms with Gasteiger partial charge in [0, 0.05) is 13.5 Å². The van der Waals surface area contributed by atoms with Crippen LogP contribution in [0.2, 0.25) is 0 Å². The van der Waals surface area contributed by atoms with Gasteiger partial charge in [0.25, 0.3) is 0 Å². The van der Waals surface area contributed by atoms with E-state index in [0.29, 0.717) is 18.8 Å². The van der Waals surface area contributed by atoms with Crippen molar-refractivity contribution in [1.29, 1.82) is 0 Å². The summed E-state index contributed by atoms with van der Waals surface area (Å²) in [5.74, 6) is -0.968. The zero-order valence-corrected chi connectivity index (χ0v) is 19.0. The number of halogens is 1. The molecule has 3 atom stereocenters. The van der Waals surface area contributed by atoms with Crippen molar-refractivity contribution in [3.8, 4) is 5.75 Å². The van der Waals surface area contributed by atoms with Gasteiger partial charge in [-0.3, -0.25) is 9.59 Å². The average molecular weight is 473 g/mol. The van der Waals surface area contributed by atoms with Gasteiger partial charge in [0.15, 0.2) is 6.04 Å². The molecule has 34 heavy (non-hydrogen) atoms. The molecule has 1 N–H and O–H groups in total. The molecule has 2 amide bonds. The van der Waals surface area contributed by atoms with Gasteiger partial charge in [-0.15, -0.1) is 0 Å². The maximum atomic E-state index is 14.5. The largest absolute Gasteiger partial charge is 0.494 e. The van der Waals surface area contributed by atoms with Crippen molar-refractivity contribution in [2.75, 3.05) is 26.8 Å². The Morgan fingerprint density at radius 2 is 1.74 bits per heavy atom. The van der Waals surface area contributed by atoms with Gasteiger partial charge in [-0.25, -0.2) is 9.18 Å². The molecule has 8 nitrogen and oxygen atoms in total. The highest BCUT2D eigenvalue weighted by Gasteiger charge is 2.49. The van der Waals surface area contributed by atoms with Gasteiger partial charge >= 0.3 is 5.97 Å². The Morgan fingerprint density at radius 3 is 2.41 bits per heavy atom. The molecule has 2 aromatic carbocycles. The maximum Gasteiger partial charge on any atom is 0.332 e. The van der Waals surface area contributed by atoms with Crippen LogP contribution in [0.25, 0.3) is 0 Å². The Morgan fingerprint density at radius 1 is 1.06 bits per heavy atom. The molecule has 1 aliphatic rings. The number of likely N-dealkylation sites (tertiary alicyclic amines) is 1. The summed E-state index contributed by atoms with van der Waals surface area (Å²) in [4.78, 5) is 38.6. The van der Waals surface area contributed by atoms with Crippen LogP contribution < -0.4 is 10.1 Å². The van der Waals surface area contributed by atoms with E-state index in [1.807, 2.05) is 36.4 Å². The maximum absolute atomic E-state index is 14.5. The summed E-state index contributed by atoms with van der Waals surface area (Å²) in [6.07, 6.45) is -2.06. The van der Waals surface area contributed by atoms with Crippen molar-refractivity contribution in [2.45, 2.75) is 37.8 Å². The minimum atomic E-state index is -1.55. The Kier molecular flexibility index (Phi) is 9.40. The van der Waals surface area contributed by atoms with Crippen LogP contribution in [0.1, 0.15) is 18.4 Å². The molecule has 0 spiro atoms. The molecule has 2 aromatic rings. The third kappa shape index (κ3) is 7.02. The monoisotopic (exact) mass is 472 g/mol. The number of carbonyl (C=O) groups excluding carboxylic acids is 3. The normalized spacial score (nSPS) is 19.5. The van der Waals surface area contributed by atoms with Crippen molar-refractivity contribution < 1.29 is 33.0 Å². The van der Waals surface area contributed by atoms with E-state index in [9.17, 15) is 18.8 Å². The minimum absolute atomic E-state index is 0.00657. The molecule has 3 rings (SSSR count). The number of alkyl halides is 1. The van der Waals surface area contributed by atoms with Crippen LogP contribution in [0.5, 0.6) is 5.75 Å². The van der Waals surface area contributed by atoms with E-state index in [0.717, 1.165) is 10.5 Å². The lowest BCUT2D eigenvalue weighted by molar-refractivity contribution is -0.158. The highest BCUT2D eigenvalue weighted by Crippen LogP contribution is 2.25. The van der Waals surface area contributed by atoms with Crippen molar-refractivity contribution in [2.24, 2.45) is 0 Å². The summed E-state index contributed by atoms with van der Waals surface area (Å²) in [5.41, 5.74) is 0.765. The van der Waals surface area contributed by atoms with Gasteiger partial charge in [0.2, 0.25) is 11.8 Å². The third-order valence-corrected chi connectivity index (χ3v) is 5.43. The number of nitrogens with zero attached hydrogens (tertiary/aromatic N) is 1. The Hall–Kier alpha value is -3.46. The van der Waals surface area contributed by atoms with Gasteiger partial charge in [-0.1, -0.05) is 48.5 Å². The summed E-state index contributed by atoms with van der Waals surface area (Å²) in [7, 11) is 1.28. The van der Waals surface area contributed by atoms with Crippen LogP contribution in [0.15, 0.2) is 60.7 Å². The standard InChI is InChI=1S/C25H29FN2O6/c1-32-24-20(26)16-28(23(24)25(31)34-17-18-9-4-2-5-10-18)22(30)15-27-21(29)13-8-14-33-19-11-6-3-7-12-19/h2-7,9-12,20,23-24H,8,13-17H2,1H3,(H,27,29)/t20-,23-,24+/m0/s1. The number of nitrogens with one attached hydrogen (secondary N) is 1. The van der Waals surface area contributed by atoms with Crippen LogP contribution >= 0.6 is 0 Å². The first-order chi connectivity index (χ1) is 16.5. The van der Waals surface area contributed by atoms with Crippen LogP contribution in [-0.2, 0) is 30.5 Å². The minimum Gasteiger partial charge on any atom is -0.494 e. The Balaban J connectivity index is 1.47. The van der Waals surface area contributed by atoms with Gasteiger partial charge in [-0.2, -0.15) is 0 Å². The zero-order chi connectivity index (χ0) is 24.3. The van der Waals surface area contributed by atoms with Crippen LogP contribution in [-0.4, -0.2) is 67.8 Å². The predicted molar refractivity (Wildman–Crippen MR) is 122 cm³/mol. The number of methoxy groups -OCH3 is 1. The smallest absolute Gasteiger partial charge is 0.332 e. The number of carbonyl (C=O) groups is 3. The van der Waals surface area contributed by atoms with E-state index in [4.69, 9.17) is 14.2 Å². The molecule has 0 aliphatic carbocycles. The van der Waals surface area contributed by atoms with E-state index in [2.05, 4.69) is 5.32 Å². The number of rotatable bonds is 11. The molecule has 1 fully saturated rings. The molecule has 0 unspecified atom stereocenters. The molecule has 1 heterocycles. The van der Waals surface area contributed by atoms with E-state index in [-0.39, 0.29) is 32.0 Å². The number of benzene rings is 2. The SMILES string of the molecule is CO[C@H]1[C@@H](C(=O)OCc2ccccc2)N(C(=O)CNC(=O)CCCOc2ccccc2)C[C@@H]1F. The Bertz CT molecular complexity index is 943. The van der Waals surface area contributed by atoms with E-state index in [1.165, 1.54) is 7.11 Å². The summed E-state index contributed by atoms with van der Waals surface area (Å²) < 4.78 is 30.5. The molecular formula is C25H29FN2O6. The van der Waals surface area contributed by atoms with Gasteiger partial charge in [0.1, 0.15) is 24.6 Å². The van der Waals surface area contributed by atoms with E-state index >= 15 is 0 Å². The van der Waals surface area contributed by atoms with Gasteiger partial charge < -0.3 is 24.4 Å². The zero-order valence-electron chi connectivity index (χ0n) is 19.0. The number of para-hydroxylation sites is 1. The van der Waals surface area contributed by atoms with Crippen molar-refractivity contribution in [1.82, 2.24) is 10.2 Å². The van der Waals surface area contributed by atoms with Crippen molar-refractivity contribution in [3.63, 3.8) is 0 Å². The van der Waals surface area contributed by atoms with Crippen molar-refractivity contribution in [3.05, 3.63) is 66.2 Å². The quantitative estimate of drug-likeness (QED) is 0.398. The molecule has 0 radical (unpaired) electrons. The summed E-state index contributed by atoms with van der Waals surface area (Å²) >= 11 is 0. The first-order valence-electron chi connectivity index (χ1n) is 11.1. The van der Waals surface area contributed by atoms with Gasteiger partial charge in [-0.05, 0) is 24.1 Å². The fourth-order valence-corrected chi connectivity index (χ4v) is 3.69. The van der Waals surface area contributed by atoms with E-state index < -0.39 is 30.2 Å². The number of hydrogen-bond acceptors (Lipinski definition) is 6. The first kappa shape index (κ1) is 25.2. The second kappa shape index (κ2) is 12.7. The fraction of sp³-hybridized carbons (Fsp3) is 0.400. The average Bonchev–Trinajstić information content (AvgIpc) is 3.21. The van der Waals surface area contributed by atoms with Crippen LogP contribution in [0.3, 0.4) is 0 Å². The number of amides is 2. The van der Waals surface area contributed by atoms with E-state index in [1.54, 1.807) is 24.3 Å². The molecule has 9 heteroatoms. The van der Waals surface area contributed by atoms with Crippen LogP contribution in [0.4, 0.5) is 4.39 Å². The highest BCUT2D eigenvalue weighted by atomic mass is 19.1. The van der Waals surface area contributed by atoms with Gasteiger partial charge in [0.05, 0.1) is 19.7 Å². The first-order valence-corrected chi connectivity index (χ1v) is 11.1. The molecule has 0 bridgehead atoms. The van der Waals surface area contributed by atoms with Crippen molar-refractivity contribution >= 4 is 17.8 Å². The second-order valence-electron chi connectivity index (χ2n) is 7.84. The molecule has 1 saturated heterocycles. The molecule has 0 saturated carbocycles. The summed E-state index contributed by atoms with van der Waals surface area (Å²) in [6.45, 7) is -0.327. The third-order valence-electron chi connectivity index (χ3n) is 5.43. The summed E-state index contributed by atoms with van der Waals surface area (Å²) in [6, 6.07) is 17.0.